The number of aromatic nitrogens is 4. The lowest BCUT2D eigenvalue weighted by Gasteiger charge is -2.17. The maximum absolute atomic E-state index is 13.5. The molecule has 3 aromatic heterocycles. The van der Waals surface area contributed by atoms with Gasteiger partial charge in [0.05, 0.1) is 24.0 Å². The maximum Gasteiger partial charge on any atom is 0.416 e. The number of hydrogen-bond donors (Lipinski definition) is 1. The summed E-state index contributed by atoms with van der Waals surface area (Å²) in [6, 6.07) is 8.90. The van der Waals surface area contributed by atoms with Crippen molar-refractivity contribution in [2.24, 2.45) is 0 Å². The SMILES string of the molecule is CC(F)(F)c1ccc(Cn2cc(NC(=O)c3cc(-c4ccccn4)on3)cn2)c(C(F)(F)F)c1. The number of alkyl halides is 5. The molecule has 4 aromatic rings. The summed E-state index contributed by atoms with van der Waals surface area (Å²) in [7, 11) is 0. The summed E-state index contributed by atoms with van der Waals surface area (Å²) in [6.07, 6.45) is -0.740. The number of benzene rings is 1. The van der Waals surface area contributed by atoms with Crippen molar-refractivity contribution >= 4 is 11.6 Å². The molecule has 3 heterocycles. The van der Waals surface area contributed by atoms with Crippen molar-refractivity contribution in [1.82, 2.24) is 19.9 Å². The summed E-state index contributed by atoms with van der Waals surface area (Å²) in [4.78, 5) is 16.5. The van der Waals surface area contributed by atoms with E-state index in [4.69, 9.17) is 4.52 Å². The summed E-state index contributed by atoms with van der Waals surface area (Å²) in [6.45, 7) is 0.173. The van der Waals surface area contributed by atoms with Crippen LogP contribution in [0.4, 0.5) is 27.6 Å². The Balaban J connectivity index is 1.49. The molecule has 0 saturated carbocycles. The average Bonchev–Trinajstić information content (AvgIpc) is 3.43. The second-order valence-corrected chi connectivity index (χ2v) is 7.43. The van der Waals surface area contributed by atoms with Crippen LogP contribution in [0.2, 0.25) is 0 Å². The van der Waals surface area contributed by atoms with Crippen molar-refractivity contribution in [3.05, 3.63) is 83.4 Å². The summed E-state index contributed by atoms with van der Waals surface area (Å²) in [5.41, 5.74) is -1.54. The van der Waals surface area contributed by atoms with Gasteiger partial charge in [0.15, 0.2) is 11.5 Å². The van der Waals surface area contributed by atoms with Crippen molar-refractivity contribution in [3.63, 3.8) is 0 Å². The number of nitrogens with one attached hydrogen (secondary N) is 1. The maximum atomic E-state index is 13.5. The van der Waals surface area contributed by atoms with Crippen molar-refractivity contribution in [2.75, 3.05) is 5.32 Å². The van der Waals surface area contributed by atoms with Crippen LogP contribution < -0.4 is 5.32 Å². The van der Waals surface area contributed by atoms with Crippen molar-refractivity contribution in [1.29, 1.82) is 0 Å². The average molecular weight is 477 g/mol. The highest BCUT2D eigenvalue weighted by Gasteiger charge is 2.36. The van der Waals surface area contributed by atoms with Gasteiger partial charge >= 0.3 is 6.18 Å². The van der Waals surface area contributed by atoms with E-state index in [1.807, 2.05) is 0 Å². The molecular formula is C22H16F5N5O2. The minimum atomic E-state index is -4.83. The molecule has 1 N–H and O–H groups in total. The second-order valence-electron chi connectivity index (χ2n) is 7.43. The lowest BCUT2D eigenvalue weighted by molar-refractivity contribution is -0.138. The second kappa shape index (κ2) is 8.69. The topological polar surface area (TPSA) is 85.8 Å². The Kier molecular flexibility index (Phi) is 5.90. The molecule has 0 aliphatic rings. The van der Waals surface area contributed by atoms with Crippen LogP contribution in [0.15, 0.2) is 65.6 Å². The van der Waals surface area contributed by atoms with Crippen LogP contribution in [0.25, 0.3) is 11.5 Å². The van der Waals surface area contributed by atoms with Crippen LogP contribution in [-0.4, -0.2) is 25.8 Å². The van der Waals surface area contributed by atoms with E-state index in [0.717, 1.165) is 16.8 Å². The van der Waals surface area contributed by atoms with Gasteiger partial charge in [-0.05, 0) is 23.8 Å². The van der Waals surface area contributed by atoms with Crippen molar-refractivity contribution in [3.8, 4) is 11.5 Å². The predicted molar refractivity (Wildman–Crippen MR) is 110 cm³/mol. The number of pyridine rings is 1. The van der Waals surface area contributed by atoms with Crippen LogP contribution in [0.3, 0.4) is 0 Å². The van der Waals surface area contributed by atoms with E-state index in [1.54, 1.807) is 24.4 Å². The van der Waals surface area contributed by atoms with Crippen molar-refractivity contribution in [2.45, 2.75) is 25.6 Å². The Hall–Kier alpha value is -4.09. The predicted octanol–water partition coefficient (Wildman–Crippen LogP) is 5.36. The third-order valence-corrected chi connectivity index (χ3v) is 4.81. The smallest absolute Gasteiger partial charge is 0.354 e. The Morgan fingerprint density at radius 3 is 2.59 bits per heavy atom. The molecule has 0 aliphatic heterocycles. The van der Waals surface area contributed by atoms with E-state index in [0.29, 0.717) is 18.7 Å². The van der Waals surface area contributed by atoms with Crippen LogP contribution in [0.5, 0.6) is 0 Å². The first-order chi connectivity index (χ1) is 16.0. The third-order valence-electron chi connectivity index (χ3n) is 4.81. The number of carbonyl (C=O) groups excluding carboxylic acids is 1. The van der Waals surface area contributed by atoms with E-state index < -0.39 is 29.1 Å². The highest BCUT2D eigenvalue weighted by molar-refractivity contribution is 6.03. The number of nitrogens with zero attached hydrogens (tertiary/aromatic N) is 4. The van der Waals surface area contributed by atoms with Gasteiger partial charge in [-0.15, -0.1) is 0 Å². The first kappa shape index (κ1) is 23.1. The largest absolute Gasteiger partial charge is 0.416 e. The van der Waals surface area contributed by atoms with Gasteiger partial charge in [0.25, 0.3) is 11.8 Å². The molecule has 4 rings (SSSR count). The summed E-state index contributed by atoms with van der Waals surface area (Å²) in [5.74, 6) is -3.77. The lowest BCUT2D eigenvalue weighted by atomic mass is 10.0. The van der Waals surface area contributed by atoms with Crippen LogP contribution in [0.1, 0.15) is 34.1 Å². The fourth-order valence-corrected chi connectivity index (χ4v) is 3.15. The van der Waals surface area contributed by atoms with E-state index in [-0.39, 0.29) is 29.2 Å². The normalized spacial score (nSPS) is 12.1. The van der Waals surface area contributed by atoms with E-state index in [2.05, 4.69) is 20.6 Å². The molecule has 0 atom stereocenters. The van der Waals surface area contributed by atoms with Crippen LogP contribution in [-0.2, 0) is 18.6 Å². The molecule has 176 valence electrons. The molecule has 0 fully saturated rings. The zero-order valence-electron chi connectivity index (χ0n) is 17.5. The molecule has 0 bridgehead atoms. The summed E-state index contributed by atoms with van der Waals surface area (Å²) >= 11 is 0. The molecule has 1 aromatic carbocycles. The Morgan fingerprint density at radius 1 is 1.12 bits per heavy atom. The zero-order valence-corrected chi connectivity index (χ0v) is 17.5. The van der Waals surface area contributed by atoms with Crippen LogP contribution >= 0.6 is 0 Å². The fourth-order valence-electron chi connectivity index (χ4n) is 3.15. The molecule has 1 amide bonds. The Morgan fingerprint density at radius 2 is 1.91 bits per heavy atom. The van der Waals surface area contributed by atoms with Gasteiger partial charge in [-0.3, -0.25) is 14.5 Å². The summed E-state index contributed by atoms with van der Waals surface area (Å²) < 4.78 is 73.6. The van der Waals surface area contributed by atoms with Gasteiger partial charge < -0.3 is 9.84 Å². The first-order valence-electron chi connectivity index (χ1n) is 9.81. The summed E-state index contributed by atoms with van der Waals surface area (Å²) in [5, 5.41) is 10.1. The quantitative estimate of drug-likeness (QED) is 0.378. The number of amides is 1. The van der Waals surface area contributed by atoms with E-state index >= 15 is 0 Å². The highest BCUT2D eigenvalue weighted by Crippen LogP contribution is 2.36. The molecule has 0 spiro atoms. The van der Waals surface area contributed by atoms with Gasteiger partial charge in [0, 0.05) is 30.9 Å². The number of hydrogen-bond acceptors (Lipinski definition) is 5. The molecule has 7 nitrogen and oxygen atoms in total. The number of halogens is 5. The first-order valence-corrected chi connectivity index (χ1v) is 9.81. The van der Waals surface area contributed by atoms with E-state index in [1.165, 1.54) is 18.5 Å². The number of rotatable bonds is 6. The number of carbonyl (C=O) groups is 1. The van der Waals surface area contributed by atoms with E-state index in [9.17, 15) is 26.7 Å². The van der Waals surface area contributed by atoms with Crippen molar-refractivity contribution < 1.29 is 31.3 Å². The molecule has 34 heavy (non-hydrogen) atoms. The third kappa shape index (κ3) is 5.11. The minimum absolute atomic E-state index is 0.0381. The van der Waals surface area contributed by atoms with Gasteiger partial charge in [-0.1, -0.05) is 23.4 Å². The lowest BCUT2D eigenvalue weighted by Crippen LogP contribution is -2.15. The number of anilines is 1. The van der Waals surface area contributed by atoms with Gasteiger partial charge in [-0.25, -0.2) is 8.78 Å². The minimum Gasteiger partial charge on any atom is -0.354 e. The van der Waals surface area contributed by atoms with Gasteiger partial charge in [0.1, 0.15) is 5.69 Å². The molecular weight excluding hydrogens is 461 g/mol. The Labute approximate surface area is 189 Å². The fraction of sp³-hybridized carbons (Fsp3) is 0.182. The molecule has 0 radical (unpaired) electrons. The molecule has 0 unspecified atom stereocenters. The standard InChI is InChI=1S/C22H16F5N5O2/c1-21(23,24)14-6-5-13(16(8-14)22(25,26)27)11-32-12-15(10-29-32)30-20(33)18-9-19(34-31-18)17-4-2-3-7-28-17/h2-10,12H,11H2,1H3,(H,30,33). The molecule has 0 aliphatic carbocycles. The monoisotopic (exact) mass is 477 g/mol. The zero-order chi connectivity index (χ0) is 24.5. The van der Waals surface area contributed by atoms with Gasteiger partial charge in [0.2, 0.25) is 0 Å². The molecule has 0 saturated heterocycles. The highest BCUT2D eigenvalue weighted by atomic mass is 19.4. The molecule has 12 heteroatoms. The van der Waals surface area contributed by atoms with Gasteiger partial charge in [-0.2, -0.15) is 18.3 Å². The Bertz CT molecular complexity index is 1310. The van der Waals surface area contributed by atoms with Crippen LogP contribution in [0, 0.1) is 0 Å².